The minimum atomic E-state index is -0.947. The van der Waals surface area contributed by atoms with Gasteiger partial charge in [-0.1, -0.05) is 13.8 Å². The Morgan fingerprint density at radius 3 is 2.83 bits per heavy atom. The third-order valence-electron chi connectivity index (χ3n) is 3.71. The molecular formula is C14H22N4O4S. The van der Waals surface area contributed by atoms with E-state index in [9.17, 15) is 14.7 Å². The van der Waals surface area contributed by atoms with Gasteiger partial charge in [0.15, 0.2) is 0 Å². The van der Waals surface area contributed by atoms with Gasteiger partial charge >= 0.3 is 12.0 Å². The molecule has 128 valence electrons. The van der Waals surface area contributed by atoms with E-state index in [1.807, 2.05) is 13.8 Å². The molecule has 1 fully saturated rings. The van der Waals surface area contributed by atoms with Gasteiger partial charge in [-0.15, -0.1) is 4.37 Å². The summed E-state index contributed by atoms with van der Waals surface area (Å²) in [5, 5.41) is 12.8. The average molecular weight is 342 g/mol. The van der Waals surface area contributed by atoms with Crippen LogP contribution in [0.3, 0.4) is 0 Å². The van der Waals surface area contributed by atoms with Crippen molar-refractivity contribution in [3.8, 4) is 6.01 Å². The first-order chi connectivity index (χ1) is 10.9. The van der Waals surface area contributed by atoms with E-state index in [0.29, 0.717) is 30.9 Å². The van der Waals surface area contributed by atoms with E-state index in [4.69, 9.17) is 4.74 Å². The summed E-state index contributed by atoms with van der Waals surface area (Å²) in [6, 6.07) is -1.01. The van der Waals surface area contributed by atoms with Gasteiger partial charge in [0, 0.05) is 18.1 Å². The van der Waals surface area contributed by atoms with Gasteiger partial charge < -0.3 is 20.1 Å². The smallest absolute Gasteiger partial charge is 0.329 e. The molecule has 0 aromatic carbocycles. The second-order valence-corrected chi connectivity index (χ2v) is 6.69. The van der Waals surface area contributed by atoms with Gasteiger partial charge in [0.05, 0.1) is 7.11 Å². The molecule has 9 heteroatoms. The molecule has 1 aliphatic rings. The molecule has 1 amide bonds. The van der Waals surface area contributed by atoms with E-state index in [1.54, 1.807) is 0 Å². The van der Waals surface area contributed by atoms with Crippen LogP contribution in [0.15, 0.2) is 0 Å². The second kappa shape index (κ2) is 7.58. The van der Waals surface area contributed by atoms with E-state index < -0.39 is 18.1 Å². The van der Waals surface area contributed by atoms with Gasteiger partial charge in [-0.25, -0.2) is 4.79 Å². The summed E-state index contributed by atoms with van der Waals surface area (Å²) in [5.74, 6) is -0.869. The molecule has 2 heterocycles. The van der Waals surface area contributed by atoms with Crippen LogP contribution in [0.2, 0.25) is 0 Å². The van der Waals surface area contributed by atoms with Crippen molar-refractivity contribution in [2.45, 2.75) is 45.2 Å². The monoisotopic (exact) mass is 342 g/mol. The van der Waals surface area contributed by atoms with E-state index in [1.165, 1.54) is 12.0 Å². The topological polar surface area (TPSA) is 105 Å². The quantitative estimate of drug-likeness (QED) is 0.772. The Hall–Kier alpha value is -1.90. The van der Waals surface area contributed by atoms with Crippen LogP contribution in [0, 0.1) is 5.92 Å². The molecule has 2 atom stereocenters. The number of nitrogens with zero attached hydrogens (tertiary/aromatic N) is 3. The van der Waals surface area contributed by atoms with Gasteiger partial charge in [-0.3, -0.25) is 4.79 Å². The third kappa shape index (κ3) is 4.31. The fourth-order valence-corrected chi connectivity index (χ4v) is 3.27. The van der Waals surface area contributed by atoms with Gasteiger partial charge in [-0.2, -0.15) is 4.98 Å². The van der Waals surface area contributed by atoms with Crippen molar-refractivity contribution in [3.63, 3.8) is 0 Å². The van der Waals surface area contributed by atoms with Crippen molar-refractivity contribution >= 4 is 28.5 Å². The fraction of sp³-hybridized carbons (Fsp3) is 0.714. The Morgan fingerprint density at radius 2 is 2.26 bits per heavy atom. The highest BCUT2D eigenvalue weighted by Crippen LogP contribution is 2.23. The first kappa shape index (κ1) is 17.5. The molecule has 0 unspecified atom stereocenters. The molecule has 0 spiro atoms. The number of hydrogen-bond donors (Lipinski definition) is 2. The lowest BCUT2D eigenvalue weighted by atomic mass is 10.0. The zero-order valence-electron chi connectivity index (χ0n) is 13.5. The largest absolute Gasteiger partial charge is 0.480 e. The van der Waals surface area contributed by atoms with E-state index in [-0.39, 0.29) is 17.8 Å². The van der Waals surface area contributed by atoms with Crippen molar-refractivity contribution < 1.29 is 19.4 Å². The Balaban J connectivity index is 2.13. The fourth-order valence-electron chi connectivity index (χ4n) is 2.68. The number of rotatable bonds is 7. The summed E-state index contributed by atoms with van der Waals surface area (Å²) in [5.41, 5.74) is 0. The third-order valence-corrected chi connectivity index (χ3v) is 4.34. The summed E-state index contributed by atoms with van der Waals surface area (Å²) in [4.78, 5) is 29.7. The zero-order chi connectivity index (χ0) is 17.0. The van der Waals surface area contributed by atoms with Crippen LogP contribution in [-0.4, -0.2) is 57.0 Å². The molecule has 0 aliphatic carbocycles. The lowest BCUT2D eigenvalue weighted by molar-refractivity contribution is -0.148. The van der Waals surface area contributed by atoms with Gasteiger partial charge in [-0.05, 0) is 25.2 Å². The lowest BCUT2D eigenvalue weighted by Crippen LogP contribution is -2.48. The van der Waals surface area contributed by atoms with Crippen molar-refractivity contribution in [2.24, 2.45) is 5.92 Å². The molecule has 2 rings (SSSR count). The first-order valence-corrected chi connectivity index (χ1v) is 8.37. The molecule has 1 aromatic rings. The predicted molar refractivity (Wildman–Crippen MR) is 85.7 cm³/mol. The minimum absolute atomic E-state index is 0.197. The highest BCUT2D eigenvalue weighted by molar-refractivity contribution is 7.09. The van der Waals surface area contributed by atoms with Crippen LogP contribution >= 0.6 is 11.5 Å². The normalized spacial score (nSPS) is 19.0. The van der Waals surface area contributed by atoms with E-state index >= 15 is 0 Å². The number of hydrogen-bond acceptors (Lipinski definition) is 7. The number of carbonyl (C=O) groups excluding carboxylic acids is 1. The Morgan fingerprint density at radius 1 is 1.52 bits per heavy atom. The number of nitrogens with one attached hydrogen (secondary N) is 1. The first-order valence-electron chi connectivity index (χ1n) is 7.60. The summed E-state index contributed by atoms with van der Waals surface area (Å²) < 4.78 is 8.94. The molecule has 0 bridgehead atoms. The summed E-state index contributed by atoms with van der Waals surface area (Å²) in [6.07, 6.45) is 1.80. The van der Waals surface area contributed by atoms with E-state index in [2.05, 4.69) is 14.7 Å². The summed E-state index contributed by atoms with van der Waals surface area (Å²) in [7, 11) is 1.48. The van der Waals surface area contributed by atoms with Crippen LogP contribution in [0.25, 0.3) is 0 Å². The highest BCUT2D eigenvalue weighted by atomic mass is 32.1. The summed E-state index contributed by atoms with van der Waals surface area (Å²) in [6.45, 7) is 4.51. The number of anilines is 1. The molecule has 8 nitrogen and oxygen atoms in total. The minimum Gasteiger partial charge on any atom is -0.480 e. The van der Waals surface area contributed by atoms with Crippen molar-refractivity contribution in [3.05, 3.63) is 0 Å². The maximum Gasteiger partial charge on any atom is 0.329 e. The molecule has 1 saturated heterocycles. The average Bonchev–Trinajstić information content (AvgIpc) is 3.14. The van der Waals surface area contributed by atoms with Crippen molar-refractivity contribution in [1.82, 2.24) is 14.3 Å². The Bertz CT molecular complexity index is 563. The van der Waals surface area contributed by atoms with Crippen LogP contribution < -0.4 is 10.1 Å². The number of amides is 1. The maximum atomic E-state index is 12.8. The maximum absolute atomic E-state index is 12.8. The number of carbonyl (C=O) groups is 2. The van der Waals surface area contributed by atoms with Crippen molar-refractivity contribution in [2.75, 3.05) is 19.0 Å². The van der Waals surface area contributed by atoms with E-state index in [0.717, 1.165) is 11.5 Å². The molecule has 2 N–H and O–H groups in total. The Labute approximate surface area is 139 Å². The summed E-state index contributed by atoms with van der Waals surface area (Å²) >= 11 is 1.11. The number of likely N-dealkylation sites (tertiary alicyclic amines) is 1. The molecule has 0 radical (unpaired) electrons. The number of aliphatic carboxylic acids is 1. The SMILES string of the molecule is COc1nsc(N[C@@H](CC(C)C)C(=O)N2CCC[C@H]2C(=O)O)n1. The molecule has 23 heavy (non-hydrogen) atoms. The number of aromatic nitrogens is 2. The molecular weight excluding hydrogens is 320 g/mol. The number of ether oxygens (including phenoxy) is 1. The zero-order valence-corrected chi connectivity index (χ0v) is 14.3. The molecule has 1 aromatic heterocycles. The Kier molecular flexibility index (Phi) is 5.75. The van der Waals surface area contributed by atoms with Gasteiger partial charge in [0.25, 0.3) is 0 Å². The number of methoxy groups -OCH3 is 1. The van der Waals surface area contributed by atoms with Crippen LogP contribution in [0.1, 0.15) is 33.1 Å². The molecule has 1 aliphatic heterocycles. The van der Waals surface area contributed by atoms with Gasteiger partial charge in [0.2, 0.25) is 11.0 Å². The van der Waals surface area contributed by atoms with Gasteiger partial charge in [0.1, 0.15) is 12.1 Å². The van der Waals surface area contributed by atoms with Crippen LogP contribution in [0.5, 0.6) is 6.01 Å². The molecule has 0 saturated carbocycles. The second-order valence-electron chi connectivity index (χ2n) is 5.94. The number of carboxylic acid groups (broad SMARTS) is 1. The van der Waals surface area contributed by atoms with Crippen molar-refractivity contribution in [1.29, 1.82) is 0 Å². The highest BCUT2D eigenvalue weighted by Gasteiger charge is 2.37. The number of carboxylic acids is 1. The predicted octanol–water partition coefficient (Wildman–Crippen LogP) is 1.45. The van der Waals surface area contributed by atoms with Crippen LogP contribution in [-0.2, 0) is 9.59 Å². The van der Waals surface area contributed by atoms with Crippen LogP contribution in [0.4, 0.5) is 5.13 Å². The standard InChI is InChI=1S/C14H22N4O4S/c1-8(2)7-9(15-14-16-13(22-3)17-23-14)11(19)18-6-4-5-10(18)12(20)21/h8-10H,4-7H2,1-3H3,(H,20,21)(H,15,16,17)/t9-,10-/m0/s1. The lowest BCUT2D eigenvalue weighted by Gasteiger charge is -2.28.